The van der Waals surface area contributed by atoms with Gasteiger partial charge in [-0.15, -0.1) is 0 Å². The van der Waals surface area contributed by atoms with Crippen LogP contribution in [0.3, 0.4) is 0 Å². The fraction of sp³-hybridized carbons (Fsp3) is 0.250. The van der Waals surface area contributed by atoms with Gasteiger partial charge >= 0.3 is 5.51 Å². The summed E-state index contributed by atoms with van der Waals surface area (Å²) >= 11 is -0.157. The number of benzene rings is 1. The second-order valence-corrected chi connectivity index (χ2v) is 3.56. The molecule has 0 unspecified atom stereocenters. The van der Waals surface area contributed by atoms with Gasteiger partial charge in [-0.25, -0.2) is 0 Å². The Morgan fingerprint density at radius 1 is 1.15 bits per heavy atom. The van der Waals surface area contributed by atoms with Crippen LogP contribution in [0.15, 0.2) is 30.3 Å². The zero-order valence-corrected chi connectivity index (χ0v) is 7.69. The average Bonchev–Trinajstić information content (AvgIpc) is 2.03. The van der Waals surface area contributed by atoms with Crippen LogP contribution in [0.25, 0.3) is 0 Å². The van der Waals surface area contributed by atoms with Gasteiger partial charge in [-0.1, -0.05) is 18.2 Å². The number of anilines is 1. The van der Waals surface area contributed by atoms with Gasteiger partial charge in [0.2, 0.25) is 0 Å². The maximum atomic E-state index is 11.9. The van der Waals surface area contributed by atoms with Gasteiger partial charge in [-0.3, -0.25) is 0 Å². The molecular weight excluding hydrogens is 199 g/mol. The molecule has 0 aliphatic heterocycles. The molecule has 0 spiro atoms. The highest BCUT2D eigenvalue weighted by molar-refractivity contribution is 8.01. The van der Waals surface area contributed by atoms with E-state index < -0.39 is 5.51 Å². The number of hydrogen-bond donors (Lipinski definition) is 0. The Morgan fingerprint density at radius 2 is 1.69 bits per heavy atom. The average molecular weight is 207 g/mol. The molecule has 0 bridgehead atoms. The van der Waals surface area contributed by atoms with Gasteiger partial charge in [0.15, 0.2) is 0 Å². The van der Waals surface area contributed by atoms with Crippen molar-refractivity contribution in [1.82, 2.24) is 0 Å². The van der Waals surface area contributed by atoms with E-state index in [1.165, 1.54) is 7.05 Å². The second kappa shape index (κ2) is 3.91. The van der Waals surface area contributed by atoms with Crippen molar-refractivity contribution in [2.24, 2.45) is 0 Å². The van der Waals surface area contributed by atoms with Crippen LogP contribution in [0.1, 0.15) is 0 Å². The Kier molecular flexibility index (Phi) is 3.08. The van der Waals surface area contributed by atoms with Gasteiger partial charge < -0.3 is 4.31 Å². The Morgan fingerprint density at radius 3 is 2.15 bits per heavy atom. The Balaban J connectivity index is 2.64. The Hall–Kier alpha value is -0.840. The molecule has 0 amide bonds. The molecule has 0 aliphatic carbocycles. The van der Waals surface area contributed by atoms with Crippen LogP contribution >= 0.6 is 11.9 Å². The van der Waals surface area contributed by atoms with E-state index in [9.17, 15) is 13.2 Å². The zero-order valence-electron chi connectivity index (χ0n) is 6.88. The van der Waals surface area contributed by atoms with Crippen LogP contribution in [0.4, 0.5) is 18.9 Å². The lowest BCUT2D eigenvalue weighted by molar-refractivity contribution is -0.0328. The van der Waals surface area contributed by atoms with Gasteiger partial charge in [0.25, 0.3) is 0 Å². The molecule has 0 radical (unpaired) electrons. The summed E-state index contributed by atoms with van der Waals surface area (Å²) in [5.41, 5.74) is -3.70. The number of alkyl halides is 3. The number of rotatable bonds is 2. The lowest BCUT2D eigenvalue weighted by Crippen LogP contribution is -2.15. The molecule has 0 aliphatic rings. The molecule has 72 valence electrons. The fourth-order valence-corrected chi connectivity index (χ4v) is 1.38. The first kappa shape index (κ1) is 10.2. The van der Waals surface area contributed by atoms with E-state index >= 15 is 0 Å². The number of nitrogens with zero attached hydrogens (tertiary/aromatic N) is 1. The zero-order chi connectivity index (χ0) is 9.90. The first-order chi connectivity index (χ1) is 5.99. The molecule has 0 fully saturated rings. The van der Waals surface area contributed by atoms with Gasteiger partial charge in [-0.2, -0.15) is 13.2 Å². The maximum absolute atomic E-state index is 11.9. The minimum absolute atomic E-state index is 0.157. The predicted molar refractivity (Wildman–Crippen MR) is 48.5 cm³/mol. The van der Waals surface area contributed by atoms with Crippen LogP contribution in [0.5, 0.6) is 0 Å². The molecule has 0 saturated carbocycles. The number of halogens is 3. The molecule has 0 heterocycles. The van der Waals surface area contributed by atoms with Crippen molar-refractivity contribution in [3.05, 3.63) is 30.3 Å². The lowest BCUT2D eigenvalue weighted by Gasteiger charge is -2.18. The summed E-state index contributed by atoms with van der Waals surface area (Å²) < 4.78 is 36.8. The van der Waals surface area contributed by atoms with Crippen molar-refractivity contribution in [2.45, 2.75) is 5.51 Å². The molecule has 1 aromatic rings. The Bertz CT molecular complexity index is 260. The summed E-state index contributed by atoms with van der Waals surface area (Å²) in [6.45, 7) is 0. The van der Waals surface area contributed by atoms with Crippen LogP contribution < -0.4 is 4.31 Å². The summed E-state index contributed by atoms with van der Waals surface area (Å²) in [4.78, 5) is 0. The van der Waals surface area contributed by atoms with Gasteiger partial charge in [0, 0.05) is 12.7 Å². The third-order valence-electron chi connectivity index (χ3n) is 1.36. The van der Waals surface area contributed by atoms with E-state index in [0.717, 1.165) is 4.31 Å². The van der Waals surface area contributed by atoms with E-state index in [1.54, 1.807) is 30.3 Å². The molecule has 13 heavy (non-hydrogen) atoms. The summed E-state index contributed by atoms with van der Waals surface area (Å²) in [5, 5.41) is 0. The van der Waals surface area contributed by atoms with Gasteiger partial charge in [0.05, 0.1) is 11.9 Å². The molecule has 1 rings (SSSR count). The van der Waals surface area contributed by atoms with Crippen LogP contribution in [0, 0.1) is 0 Å². The molecule has 0 aromatic heterocycles. The fourth-order valence-electron chi connectivity index (χ4n) is 0.846. The quantitative estimate of drug-likeness (QED) is 0.684. The third-order valence-corrected chi connectivity index (χ3v) is 2.05. The smallest absolute Gasteiger partial charge is 0.312 e. The molecule has 1 aromatic carbocycles. The Labute approximate surface area is 78.7 Å². The predicted octanol–water partition coefficient (Wildman–Crippen LogP) is 3.29. The number of hydrogen-bond acceptors (Lipinski definition) is 2. The van der Waals surface area contributed by atoms with E-state index in [0.29, 0.717) is 5.69 Å². The minimum Gasteiger partial charge on any atom is -0.312 e. The normalized spacial score (nSPS) is 11.4. The SMILES string of the molecule is CN(SC(F)(F)F)c1ccccc1. The molecular formula is C8H8F3NS. The van der Waals surface area contributed by atoms with E-state index in [4.69, 9.17) is 0 Å². The van der Waals surface area contributed by atoms with E-state index in [1.807, 2.05) is 0 Å². The van der Waals surface area contributed by atoms with Crippen LogP contribution in [-0.4, -0.2) is 12.6 Å². The summed E-state index contributed by atoms with van der Waals surface area (Å²) in [6, 6.07) is 8.40. The molecule has 5 heteroatoms. The first-order valence-corrected chi connectivity index (χ1v) is 4.31. The highest BCUT2D eigenvalue weighted by Gasteiger charge is 2.31. The molecule has 0 atom stereocenters. The van der Waals surface area contributed by atoms with E-state index in [2.05, 4.69) is 0 Å². The number of para-hydroxylation sites is 1. The molecule has 0 N–H and O–H groups in total. The highest BCUT2D eigenvalue weighted by atomic mass is 32.2. The third kappa shape index (κ3) is 3.59. The summed E-state index contributed by atoms with van der Waals surface area (Å²) in [7, 11) is 1.38. The monoisotopic (exact) mass is 207 g/mol. The molecule has 0 saturated heterocycles. The van der Waals surface area contributed by atoms with Gasteiger partial charge in [-0.05, 0) is 12.1 Å². The van der Waals surface area contributed by atoms with Crippen LogP contribution in [-0.2, 0) is 0 Å². The maximum Gasteiger partial charge on any atom is 0.461 e. The molecule has 1 nitrogen and oxygen atoms in total. The van der Waals surface area contributed by atoms with Crippen molar-refractivity contribution in [1.29, 1.82) is 0 Å². The highest BCUT2D eigenvalue weighted by Crippen LogP contribution is 2.34. The van der Waals surface area contributed by atoms with Crippen molar-refractivity contribution in [3.8, 4) is 0 Å². The topological polar surface area (TPSA) is 3.24 Å². The van der Waals surface area contributed by atoms with Crippen molar-refractivity contribution in [2.75, 3.05) is 11.4 Å². The van der Waals surface area contributed by atoms with E-state index in [-0.39, 0.29) is 11.9 Å². The van der Waals surface area contributed by atoms with Crippen LogP contribution in [0.2, 0.25) is 0 Å². The first-order valence-electron chi connectivity index (χ1n) is 3.54. The van der Waals surface area contributed by atoms with Crippen molar-refractivity contribution >= 4 is 17.6 Å². The van der Waals surface area contributed by atoms with Crippen molar-refractivity contribution < 1.29 is 13.2 Å². The largest absolute Gasteiger partial charge is 0.461 e. The second-order valence-electron chi connectivity index (χ2n) is 2.37. The van der Waals surface area contributed by atoms with Gasteiger partial charge in [0.1, 0.15) is 0 Å². The lowest BCUT2D eigenvalue weighted by atomic mass is 10.3. The summed E-state index contributed by atoms with van der Waals surface area (Å²) in [5.74, 6) is 0. The standard InChI is InChI=1S/C8H8F3NS/c1-12(13-8(9,10)11)7-5-3-2-4-6-7/h2-6H,1H3. The van der Waals surface area contributed by atoms with Crippen molar-refractivity contribution in [3.63, 3.8) is 0 Å². The minimum atomic E-state index is -4.23. The summed E-state index contributed by atoms with van der Waals surface area (Å²) in [6.07, 6.45) is 0.